The maximum absolute atomic E-state index is 11.7. The van der Waals surface area contributed by atoms with Gasteiger partial charge in [-0.05, 0) is 37.2 Å². The number of carbonyl (C=O) groups is 1. The monoisotopic (exact) mass is 236 g/mol. The van der Waals surface area contributed by atoms with E-state index in [0.717, 1.165) is 37.9 Å². The Morgan fingerprint density at radius 2 is 2.24 bits per heavy atom. The van der Waals surface area contributed by atoms with Gasteiger partial charge < -0.3 is 4.74 Å². The summed E-state index contributed by atoms with van der Waals surface area (Å²) in [5, 5.41) is 0. The molecule has 0 N–H and O–H groups in total. The molecule has 96 valence electrons. The molecule has 0 radical (unpaired) electrons. The minimum Gasteiger partial charge on any atom is -0.378 e. The van der Waals surface area contributed by atoms with Gasteiger partial charge in [0, 0.05) is 18.4 Å². The third-order valence-electron chi connectivity index (χ3n) is 4.74. The van der Waals surface area contributed by atoms with Gasteiger partial charge in [0.25, 0.3) is 0 Å². The lowest BCUT2D eigenvalue weighted by atomic mass is 9.66. The van der Waals surface area contributed by atoms with Gasteiger partial charge in [0.15, 0.2) is 5.78 Å². The van der Waals surface area contributed by atoms with Crippen molar-refractivity contribution in [2.75, 3.05) is 6.61 Å². The van der Waals surface area contributed by atoms with Crippen LogP contribution in [-0.4, -0.2) is 18.5 Å². The number of hydrogen-bond acceptors (Lipinski definition) is 2. The molecule has 0 bridgehead atoms. The van der Waals surface area contributed by atoms with Crippen molar-refractivity contribution in [2.45, 2.75) is 58.5 Å². The molecule has 3 atom stereocenters. The highest BCUT2D eigenvalue weighted by Gasteiger charge is 2.51. The van der Waals surface area contributed by atoms with Crippen LogP contribution in [0.3, 0.4) is 0 Å². The standard InChI is InChI=1S/C15H24O2/c1-4-5-10-17-14-7-6-12-11(2)13(16)8-9-15(12,14)3/h12,14H,2,4-10H2,1,3H3/t12-,14-,15-/m1/s1. The van der Waals surface area contributed by atoms with Crippen LogP contribution < -0.4 is 0 Å². The molecule has 0 aromatic heterocycles. The Morgan fingerprint density at radius 3 is 2.94 bits per heavy atom. The van der Waals surface area contributed by atoms with Crippen LogP contribution in [0.15, 0.2) is 12.2 Å². The second-order valence-electron chi connectivity index (χ2n) is 5.80. The molecule has 0 spiro atoms. The fraction of sp³-hybridized carbons (Fsp3) is 0.800. The molecular formula is C15H24O2. The van der Waals surface area contributed by atoms with Crippen LogP contribution >= 0.6 is 0 Å². The Morgan fingerprint density at radius 1 is 1.47 bits per heavy atom. The molecule has 0 amide bonds. The number of carbonyl (C=O) groups excluding carboxylic acids is 1. The summed E-state index contributed by atoms with van der Waals surface area (Å²) < 4.78 is 6.05. The molecule has 0 aromatic carbocycles. The van der Waals surface area contributed by atoms with Crippen molar-refractivity contribution in [3.05, 3.63) is 12.2 Å². The van der Waals surface area contributed by atoms with Crippen LogP contribution in [0.4, 0.5) is 0 Å². The van der Waals surface area contributed by atoms with Gasteiger partial charge in [-0.3, -0.25) is 4.79 Å². The van der Waals surface area contributed by atoms with E-state index in [0.29, 0.717) is 18.4 Å². The number of ketones is 1. The molecule has 2 heteroatoms. The van der Waals surface area contributed by atoms with Crippen molar-refractivity contribution in [1.29, 1.82) is 0 Å². The van der Waals surface area contributed by atoms with E-state index < -0.39 is 0 Å². The van der Waals surface area contributed by atoms with Gasteiger partial charge in [-0.15, -0.1) is 0 Å². The highest BCUT2D eigenvalue weighted by atomic mass is 16.5. The van der Waals surface area contributed by atoms with E-state index in [2.05, 4.69) is 20.4 Å². The lowest BCUT2D eigenvalue weighted by Crippen LogP contribution is -2.40. The smallest absolute Gasteiger partial charge is 0.158 e. The van der Waals surface area contributed by atoms with E-state index in [4.69, 9.17) is 4.74 Å². The first-order valence-electron chi connectivity index (χ1n) is 6.93. The minimum atomic E-state index is 0.165. The van der Waals surface area contributed by atoms with Crippen molar-refractivity contribution >= 4 is 5.78 Å². The first-order valence-corrected chi connectivity index (χ1v) is 6.93. The van der Waals surface area contributed by atoms with Crippen molar-refractivity contribution < 1.29 is 9.53 Å². The fourth-order valence-corrected chi connectivity index (χ4v) is 3.49. The van der Waals surface area contributed by atoms with Gasteiger partial charge >= 0.3 is 0 Å². The minimum absolute atomic E-state index is 0.165. The molecule has 0 aliphatic heterocycles. The summed E-state index contributed by atoms with van der Waals surface area (Å²) in [5.74, 6) is 0.650. The average Bonchev–Trinajstić information content (AvgIpc) is 2.64. The molecule has 17 heavy (non-hydrogen) atoms. The zero-order chi connectivity index (χ0) is 12.5. The Balaban J connectivity index is 2.03. The van der Waals surface area contributed by atoms with Gasteiger partial charge in [0.2, 0.25) is 0 Å². The first kappa shape index (κ1) is 12.8. The van der Waals surface area contributed by atoms with Crippen LogP contribution in [-0.2, 0) is 9.53 Å². The Labute approximate surface area is 104 Å². The summed E-state index contributed by atoms with van der Waals surface area (Å²) in [6.45, 7) is 9.35. The molecule has 2 rings (SSSR count). The molecule has 0 unspecified atom stereocenters. The maximum atomic E-state index is 11.7. The predicted molar refractivity (Wildman–Crippen MR) is 68.9 cm³/mol. The molecule has 0 saturated heterocycles. The topological polar surface area (TPSA) is 26.3 Å². The van der Waals surface area contributed by atoms with Gasteiger partial charge in [-0.25, -0.2) is 0 Å². The normalized spacial score (nSPS) is 37.3. The number of ether oxygens (including phenoxy) is 1. The van der Waals surface area contributed by atoms with Gasteiger partial charge in [0.05, 0.1) is 6.10 Å². The second-order valence-corrected chi connectivity index (χ2v) is 5.80. The van der Waals surface area contributed by atoms with Crippen LogP contribution in [0, 0.1) is 11.3 Å². The molecule has 2 aliphatic rings. The van der Waals surface area contributed by atoms with Crippen LogP contribution in [0.2, 0.25) is 0 Å². The zero-order valence-corrected chi connectivity index (χ0v) is 11.1. The Bertz CT molecular complexity index is 321. The van der Waals surface area contributed by atoms with Crippen molar-refractivity contribution in [3.8, 4) is 0 Å². The van der Waals surface area contributed by atoms with Crippen molar-refractivity contribution in [2.24, 2.45) is 11.3 Å². The number of unbranched alkanes of at least 4 members (excludes halogenated alkanes) is 1. The molecule has 2 fully saturated rings. The van der Waals surface area contributed by atoms with Gasteiger partial charge in [0.1, 0.15) is 0 Å². The third-order valence-corrected chi connectivity index (χ3v) is 4.74. The largest absolute Gasteiger partial charge is 0.378 e. The number of hydrogen-bond donors (Lipinski definition) is 0. The lowest BCUT2D eigenvalue weighted by molar-refractivity contribution is -0.120. The van der Waals surface area contributed by atoms with E-state index in [-0.39, 0.29) is 11.2 Å². The Hall–Kier alpha value is -0.630. The van der Waals surface area contributed by atoms with E-state index in [1.54, 1.807) is 0 Å². The van der Waals surface area contributed by atoms with E-state index in [1.807, 2.05) is 0 Å². The summed E-state index contributed by atoms with van der Waals surface area (Å²) >= 11 is 0. The van der Waals surface area contributed by atoms with Crippen LogP contribution in [0.5, 0.6) is 0 Å². The number of allylic oxidation sites excluding steroid dienone is 1. The maximum Gasteiger partial charge on any atom is 0.158 e. The number of rotatable bonds is 4. The predicted octanol–water partition coefficient (Wildman–Crippen LogP) is 3.51. The van der Waals surface area contributed by atoms with Gasteiger partial charge in [-0.2, -0.15) is 0 Å². The highest BCUT2D eigenvalue weighted by Crippen LogP contribution is 2.53. The first-order chi connectivity index (χ1) is 8.09. The summed E-state index contributed by atoms with van der Waals surface area (Å²) in [4.78, 5) is 11.7. The van der Waals surface area contributed by atoms with Crippen LogP contribution in [0.25, 0.3) is 0 Å². The van der Waals surface area contributed by atoms with Crippen LogP contribution in [0.1, 0.15) is 52.4 Å². The molecule has 2 nitrogen and oxygen atoms in total. The summed E-state index contributed by atoms with van der Waals surface area (Å²) in [7, 11) is 0. The van der Waals surface area contributed by atoms with Crippen molar-refractivity contribution in [3.63, 3.8) is 0 Å². The SMILES string of the molecule is C=C1C(=O)CC[C@]2(C)[C@@H]1CC[C@H]2OCCCC. The molecule has 2 saturated carbocycles. The molecule has 0 aromatic rings. The van der Waals surface area contributed by atoms with E-state index in [1.165, 1.54) is 6.42 Å². The van der Waals surface area contributed by atoms with Gasteiger partial charge in [-0.1, -0.05) is 26.8 Å². The molecule has 0 heterocycles. The van der Waals surface area contributed by atoms with Crippen molar-refractivity contribution in [1.82, 2.24) is 0 Å². The lowest BCUT2D eigenvalue weighted by Gasteiger charge is -2.40. The summed E-state index contributed by atoms with van der Waals surface area (Å²) in [6.07, 6.45) is 6.47. The van der Waals surface area contributed by atoms with E-state index in [9.17, 15) is 4.79 Å². The molecular weight excluding hydrogens is 212 g/mol. The fourth-order valence-electron chi connectivity index (χ4n) is 3.49. The second kappa shape index (κ2) is 4.93. The Kier molecular flexibility index (Phi) is 3.72. The number of Topliss-reactive ketones (excluding diaryl/α,β-unsaturated/α-hetero) is 1. The zero-order valence-electron chi connectivity index (χ0n) is 11.1. The number of fused-ring (bicyclic) bond motifs is 1. The highest BCUT2D eigenvalue weighted by molar-refractivity contribution is 5.96. The third kappa shape index (κ3) is 2.20. The summed E-state index contributed by atoms with van der Waals surface area (Å²) in [5.41, 5.74) is 1.03. The van der Waals surface area contributed by atoms with E-state index >= 15 is 0 Å². The molecule has 2 aliphatic carbocycles. The average molecular weight is 236 g/mol. The summed E-state index contributed by atoms with van der Waals surface area (Å²) in [6, 6.07) is 0. The quantitative estimate of drug-likeness (QED) is 0.551.